The van der Waals surface area contributed by atoms with E-state index in [1.165, 1.54) is 11.3 Å². The number of aromatic nitrogens is 1. The fourth-order valence-electron chi connectivity index (χ4n) is 3.01. The molecule has 1 heterocycles. The van der Waals surface area contributed by atoms with E-state index in [4.69, 9.17) is 27.9 Å². The summed E-state index contributed by atoms with van der Waals surface area (Å²) in [5, 5.41) is 4.36. The molecule has 0 saturated heterocycles. The fraction of sp³-hybridized carbons (Fsp3) is 0.450. The molecule has 8 heteroatoms. The number of nitrogens with zero attached hydrogens (tertiary/aromatic N) is 1. The molecule has 0 radical (unpaired) electrons. The number of hydrogen-bond acceptors (Lipinski definition) is 5. The van der Waals surface area contributed by atoms with Crippen LogP contribution in [0.25, 0.3) is 0 Å². The molecule has 1 aromatic heterocycles. The first-order valence-corrected chi connectivity index (χ1v) is 10.9. The Bertz CT molecular complexity index is 850. The van der Waals surface area contributed by atoms with Crippen LogP contribution in [0.5, 0.6) is 0 Å². The number of unbranched alkanes of at least 4 members (excludes halogenated alkanes) is 1. The molecule has 28 heavy (non-hydrogen) atoms. The number of rotatable bonds is 8. The van der Waals surface area contributed by atoms with Crippen LogP contribution in [-0.2, 0) is 20.7 Å². The molecule has 1 fully saturated rings. The van der Waals surface area contributed by atoms with Crippen molar-refractivity contribution < 1.29 is 14.3 Å². The van der Waals surface area contributed by atoms with Gasteiger partial charge in [-0.05, 0) is 42.9 Å². The highest BCUT2D eigenvalue weighted by Gasteiger charge is 2.37. The van der Waals surface area contributed by atoms with E-state index in [2.05, 4.69) is 17.2 Å². The van der Waals surface area contributed by atoms with E-state index in [0.29, 0.717) is 33.3 Å². The van der Waals surface area contributed by atoms with Crippen LogP contribution in [0, 0.1) is 5.92 Å². The lowest BCUT2D eigenvalue weighted by Gasteiger charge is -2.32. The van der Waals surface area contributed by atoms with E-state index in [1.807, 2.05) is 0 Å². The van der Waals surface area contributed by atoms with Crippen molar-refractivity contribution >= 4 is 51.5 Å². The van der Waals surface area contributed by atoms with Gasteiger partial charge < -0.3 is 10.1 Å². The highest BCUT2D eigenvalue weighted by atomic mass is 35.5. The van der Waals surface area contributed by atoms with E-state index in [1.54, 1.807) is 24.4 Å². The van der Waals surface area contributed by atoms with Gasteiger partial charge in [0.15, 0.2) is 5.13 Å². The van der Waals surface area contributed by atoms with E-state index >= 15 is 0 Å². The monoisotopic (exact) mass is 440 g/mol. The number of benzene rings is 1. The molecule has 1 aromatic carbocycles. The van der Waals surface area contributed by atoms with Crippen LogP contribution in [0.15, 0.2) is 24.4 Å². The number of halogens is 2. The first-order valence-electron chi connectivity index (χ1n) is 9.32. The smallest absolute Gasteiger partial charge is 0.308 e. The van der Waals surface area contributed by atoms with Crippen molar-refractivity contribution in [2.75, 3.05) is 11.9 Å². The number of amides is 1. The average molecular weight is 441 g/mol. The number of hydrogen-bond donors (Lipinski definition) is 1. The van der Waals surface area contributed by atoms with Gasteiger partial charge in [-0.3, -0.25) is 9.59 Å². The lowest BCUT2D eigenvalue weighted by molar-refractivity contribution is -0.152. The maximum atomic E-state index is 12.3. The van der Waals surface area contributed by atoms with E-state index in [0.717, 1.165) is 30.6 Å². The Balaban J connectivity index is 1.47. The standard InChI is InChI=1S/C20H22Cl2N2O3S/c1-2-3-6-27-19(26)14-7-13(8-14)17-11-23-20(28-17)24-18(25)9-12-4-5-15(21)10-16(12)22/h4-5,10-11,13-14H,2-3,6-9H2,1H3,(H,23,24,25). The summed E-state index contributed by atoms with van der Waals surface area (Å²) in [5.74, 6) is 0.00493. The lowest BCUT2D eigenvalue weighted by Crippen LogP contribution is -2.30. The molecule has 5 nitrogen and oxygen atoms in total. The van der Waals surface area contributed by atoms with Gasteiger partial charge in [-0.2, -0.15) is 0 Å². The van der Waals surface area contributed by atoms with Gasteiger partial charge in [-0.1, -0.05) is 42.6 Å². The zero-order chi connectivity index (χ0) is 20.1. The van der Waals surface area contributed by atoms with Gasteiger partial charge in [0.1, 0.15) is 0 Å². The minimum absolute atomic E-state index is 0.0194. The quantitative estimate of drug-likeness (QED) is 0.436. The van der Waals surface area contributed by atoms with Gasteiger partial charge in [0, 0.05) is 21.1 Å². The normalized spacial score (nSPS) is 18.4. The van der Waals surface area contributed by atoms with Crippen LogP contribution in [0.3, 0.4) is 0 Å². The lowest BCUT2D eigenvalue weighted by atomic mass is 9.74. The van der Waals surface area contributed by atoms with Gasteiger partial charge in [-0.15, -0.1) is 11.3 Å². The first-order chi connectivity index (χ1) is 13.5. The SMILES string of the molecule is CCCCOC(=O)C1CC(c2cnc(NC(=O)Cc3ccc(Cl)cc3Cl)s2)C1. The minimum Gasteiger partial charge on any atom is -0.465 e. The molecule has 0 spiro atoms. The summed E-state index contributed by atoms with van der Waals surface area (Å²) in [5.41, 5.74) is 0.712. The summed E-state index contributed by atoms with van der Waals surface area (Å²) < 4.78 is 5.27. The molecule has 150 valence electrons. The molecule has 0 bridgehead atoms. The highest BCUT2D eigenvalue weighted by Crippen LogP contribution is 2.44. The Hall–Kier alpha value is -1.63. The van der Waals surface area contributed by atoms with Crippen LogP contribution < -0.4 is 5.32 Å². The Morgan fingerprint density at radius 1 is 1.32 bits per heavy atom. The number of nitrogens with one attached hydrogen (secondary N) is 1. The summed E-state index contributed by atoms with van der Waals surface area (Å²) >= 11 is 13.4. The topological polar surface area (TPSA) is 68.3 Å². The second kappa shape index (κ2) is 9.72. The van der Waals surface area contributed by atoms with Crippen LogP contribution in [0.4, 0.5) is 5.13 Å². The van der Waals surface area contributed by atoms with Crippen molar-refractivity contribution in [3.05, 3.63) is 44.9 Å². The van der Waals surface area contributed by atoms with Gasteiger partial charge in [0.05, 0.1) is 18.9 Å². The van der Waals surface area contributed by atoms with E-state index in [9.17, 15) is 9.59 Å². The van der Waals surface area contributed by atoms with Crippen molar-refractivity contribution in [3.8, 4) is 0 Å². The van der Waals surface area contributed by atoms with Crippen LogP contribution >= 0.6 is 34.5 Å². The Labute approximate surface area is 178 Å². The molecular weight excluding hydrogens is 419 g/mol. The van der Waals surface area contributed by atoms with Crippen molar-refractivity contribution in [2.45, 2.75) is 44.9 Å². The highest BCUT2D eigenvalue weighted by molar-refractivity contribution is 7.15. The summed E-state index contributed by atoms with van der Waals surface area (Å²) in [7, 11) is 0. The largest absolute Gasteiger partial charge is 0.465 e. The van der Waals surface area contributed by atoms with Gasteiger partial charge >= 0.3 is 5.97 Å². The number of ether oxygens (including phenoxy) is 1. The second-order valence-corrected chi connectivity index (χ2v) is 8.82. The average Bonchev–Trinajstić information content (AvgIpc) is 3.04. The third-order valence-electron chi connectivity index (χ3n) is 4.75. The third kappa shape index (κ3) is 5.46. The van der Waals surface area contributed by atoms with E-state index in [-0.39, 0.29) is 24.2 Å². The molecule has 0 aliphatic heterocycles. The zero-order valence-corrected chi connectivity index (χ0v) is 17.9. The molecule has 1 aliphatic rings. The molecule has 1 amide bonds. The first kappa shape index (κ1) is 21.1. The van der Waals surface area contributed by atoms with Gasteiger partial charge in [-0.25, -0.2) is 4.98 Å². The van der Waals surface area contributed by atoms with E-state index < -0.39 is 0 Å². The van der Waals surface area contributed by atoms with Crippen LogP contribution in [-0.4, -0.2) is 23.5 Å². The molecule has 1 N–H and O–H groups in total. The number of carbonyl (C=O) groups excluding carboxylic acids is 2. The number of anilines is 1. The summed E-state index contributed by atoms with van der Waals surface area (Å²) in [6.07, 6.45) is 5.40. The van der Waals surface area contributed by atoms with Crippen LogP contribution in [0.2, 0.25) is 10.0 Å². The molecule has 0 atom stereocenters. The zero-order valence-electron chi connectivity index (χ0n) is 15.5. The minimum atomic E-state index is -0.184. The molecule has 1 aliphatic carbocycles. The fourth-order valence-corrected chi connectivity index (χ4v) is 4.45. The number of esters is 1. The maximum Gasteiger partial charge on any atom is 0.308 e. The predicted molar refractivity (Wildman–Crippen MR) is 112 cm³/mol. The van der Waals surface area contributed by atoms with Crippen molar-refractivity contribution in [3.63, 3.8) is 0 Å². The van der Waals surface area contributed by atoms with Crippen molar-refractivity contribution in [2.24, 2.45) is 5.92 Å². The number of carbonyl (C=O) groups is 2. The number of thiazole rings is 1. The molecular formula is C20H22Cl2N2O3S. The summed E-state index contributed by atoms with van der Waals surface area (Å²) in [6, 6.07) is 5.07. The van der Waals surface area contributed by atoms with Gasteiger partial charge in [0.2, 0.25) is 5.91 Å². The summed E-state index contributed by atoms with van der Waals surface area (Å²) in [4.78, 5) is 29.6. The predicted octanol–water partition coefficient (Wildman–Crippen LogP) is 5.47. The maximum absolute atomic E-state index is 12.3. The Morgan fingerprint density at radius 2 is 2.11 bits per heavy atom. The Kier molecular flexibility index (Phi) is 7.32. The second-order valence-electron chi connectivity index (χ2n) is 6.91. The Morgan fingerprint density at radius 3 is 2.82 bits per heavy atom. The molecule has 1 saturated carbocycles. The van der Waals surface area contributed by atoms with Crippen molar-refractivity contribution in [1.82, 2.24) is 4.98 Å². The summed E-state index contributed by atoms with van der Waals surface area (Å²) in [6.45, 7) is 2.57. The molecule has 0 unspecified atom stereocenters. The van der Waals surface area contributed by atoms with Gasteiger partial charge in [0.25, 0.3) is 0 Å². The third-order valence-corrected chi connectivity index (χ3v) is 6.41. The molecule has 2 aromatic rings. The molecule has 3 rings (SSSR count). The van der Waals surface area contributed by atoms with Crippen molar-refractivity contribution in [1.29, 1.82) is 0 Å². The van der Waals surface area contributed by atoms with Crippen LogP contribution in [0.1, 0.15) is 49.0 Å².